The van der Waals surface area contributed by atoms with E-state index in [1.807, 2.05) is 12.2 Å². The van der Waals surface area contributed by atoms with Gasteiger partial charge in [0.15, 0.2) is 0 Å². The van der Waals surface area contributed by atoms with Gasteiger partial charge in [0.1, 0.15) is 0 Å². The Kier molecular flexibility index (Phi) is 15.7. The number of rotatable bonds is 13. The average molecular weight is 292 g/mol. The Morgan fingerprint density at radius 1 is 0.810 bits per heavy atom. The molecule has 0 saturated heterocycles. The number of methoxy groups -OCH3 is 1. The van der Waals surface area contributed by atoms with Crippen molar-refractivity contribution in [1.29, 1.82) is 0 Å². The first-order valence-electron chi connectivity index (χ1n) is 8.33. The Morgan fingerprint density at radius 2 is 1.38 bits per heavy atom. The molecule has 0 aliphatic heterocycles. The molecule has 0 fully saturated rings. The molecule has 0 aromatic carbocycles. The lowest BCUT2D eigenvalue weighted by Gasteiger charge is -1.97. The van der Waals surface area contributed by atoms with Gasteiger partial charge in [-0.25, -0.2) is 0 Å². The van der Waals surface area contributed by atoms with Gasteiger partial charge in [-0.1, -0.05) is 75.5 Å². The Bertz CT molecular complexity index is 314. The second-order valence-corrected chi connectivity index (χ2v) is 5.22. The maximum absolute atomic E-state index is 10.8. The molecule has 21 heavy (non-hydrogen) atoms. The van der Waals surface area contributed by atoms with E-state index in [2.05, 4.69) is 36.0 Å². The number of carbonyl (C=O) groups excluding carboxylic acids is 1. The zero-order valence-corrected chi connectivity index (χ0v) is 13.9. The van der Waals surface area contributed by atoms with Crippen molar-refractivity contribution >= 4 is 5.97 Å². The van der Waals surface area contributed by atoms with Gasteiger partial charge in [0.25, 0.3) is 0 Å². The van der Waals surface area contributed by atoms with Crippen LogP contribution in [0.5, 0.6) is 0 Å². The fourth-order valence-corrected chi connectivity index (χ4v) is 1.97. The molecule has 0 heterocycles. The molecule has 2 nitrogen and oxygen atoms in total. The Morgan fingerprint density at radius 3 is 2.05 bits per heavy atom. The van der Waals surface area contributed by atoms with Crippen LogP contribution < -0.4 is 0 Å². The number of allylic oxidation sites excluding steroid dienone is 5. The standard InChI is InChI=1S/C19H32O2/c1-3-4-5-6-7-8-9-10-11-12-13-14-15-16-17-18-19(20)21-2/h10-11,13-14,16-17H,3-9,12,15,18H2,1-2H3. The summed E-state index contributed by atoms with van der Waals surface area (Å²) in [6.07, 6.45) is 24.3. The van der Waals surface area contributed by atoms with Gasteiger partial charge in [-0.2, -0.15) is 0 Å². The van der Waals surface area contributed by atoms with Crippen LogP contribution >= 0.6 is 0 Å². The lowest BCUT2D eigenvalue weighted by Crippen LogP contribution is -1.96. The molecule has 0 amide bonds. The molecule has 0 unspecified atom stereocenters. The van der Waals surface area contributed by atoms with Crippen molar-refractivity contribution in [2.24, 2.45) is 0 Å². The average Bonchev–Trinajstić information content (AvgIpc) is 2.50. The molecule has 2 heteroatoms. The van der Waals surface area contributed by atoms with Crippen LogP contribution in [0, 0.1) is 0 Å². The zero-order valence-electron chi connectivity index (χ0n) is 13.9. The predicted molar refractivity (Wildman–Crippen MR) is 91.3 cm³/mol. The molecule has 0 aromatic rings. The van der Waals surface area contributed by atoms with Gasteiger partial charge in [0.2, 0.25) is 0 Å². The van der Waals surface area contributed by atoms with Crippen LogP contribution in [-0.4, -0.2) is 13.1 Å². The van der Waals surface area contributed by atoms with Crippen LogP contribution in [-0.2, 0) is 9.53 Å². The molecular formula is C19H32O2. The van der Waals surface area contributed by atoms with Crippen molar-refractivity contribution in [2.45, 2.75) is 71.1 Å². The second kappa shape index (κ2) is 16.7. The Balaban J connectivity index is 3.34. The number of unbranched alkanes of at least 4 members (excludes halogenated alkanes) is 6. The molecule has 120 valence electrons. The van der Waals surface area contributed by atoms with E-state index in [9.17, 15) is 4.79 Å². The van der Waals surface area contributed by atoms with Gasteiger partial charge < -0.3 is 4.74 Å². The third kappa shape index (κ3) is 16.6. The van der Waals surface area contributed by atoms with Gasteiger partial charge in [0.05, 0.1) is 13.5 Å². The summed E-state index contributed by atoms with van der Waals surface area (Å²) in [7, 11) is 1.41. The smallest absolute Gasteiger partial charge is 0.309 e. The van der Waals surface area contributed by atoms with E-state index in [0.717, 1.165) is 12.8 Å². The topological polar surface area (TPSA) is 26.3 Å². The van der Waals surface area contributed by atoms with Crippen LogP contribution in [0.4, 0.5) is 0 Å². The van der Waals surface area contributed by atoms with Gasteiger partial charge in [-0.3, -0.25) is 4.79 Å². The maximum Gasteiger partial charge on any atom is 0.309 e. The first-order chi connectivity index (χ1) is 10.3. The zero-order chi connectivity index (χ0) is 15.6. The van der Waals surface area contributed by atoms with Gasteiger partial charge >= 0.3 is 5.97 Å². The van der Waals surface area contributed by atoms with Gasteiger partial charge in [-0.15, -0.1) is 0 Å². The van der Waals surface area contributed by atoms with Crippen LogP contribution in [0.3, 0.4) is 0 Å². The quantitative estimate of drug-likeness (QED) is 0.245. The van der Waals surface area contributed by atoms with Crippen molar-refractivity contribution in [1.82, 2.24) is 0 Å². The number of esters is 1. The molecule has 0 rings (SSSR count). The largest absolute Gasteiger partial charge is 0.469 e. The Labute approximate surface area is 131 Å². The number of carbonyl (C=O) groups is 1. The third-order valence-electron chi connectivity index (χ3n) is 3.28. The number of hydrogen-bond acceptors (Lipinski definition) is 2. The van der Waals surface area contributed by atoms with E-state index < -0.39 is 0 Å². The Hall–Kier alpha value is -1.31. The summed E-state index contributed by atoms with van der Waals surface area (Å²) < 4.78 is 4.55. The van der Waals surface area contributed by atoms with Crippen LogP contribution in [0.25, 0.3) is 0 Å². The van der Waals surface area contributed by atoms with E-state index >= 15 is 0 Å². The molecular weight excluding hydrogens is 260 g/mol. The van der Waals surface area contributed by atoms with E-state index in [0.29, 0.717) is 6.42 Å². The molecule has 0 bridgehead atoms. The summed E-state index contributed by atoms with van der Waals surface area (Å²) in [5.41, 5.74) is 0. The molecule has 0 aliphatic rings. The molecule has 0 atom stereocenters. The van der Waals surface area contributed by atoms with Crippen molar-refractivity contribution in [3.63, 3.8) is 0 Å². The molecule has 0 spiro atoms. The van der Waals surface area contributed by atoms with Crippen molar-refractivity contribution in [3.8, 4) is 0 Å². The minimum absolute atomic E-state index is 0.187. The highest BCUT2D eigenvalue weighted by molar-refractivity contribution is 5.70. The van der Waals surface area contributed by atoms with Crippen LogP contribution in [0.1, 0.15) is 71.1 Å². The minimum atomic E-state index is -0.187. The fourth-order valence-electron chi connectivity index (χ4n) is 1.97. The molecule has 0 aromatic heterocycles. The highest BCUT2D eigenvalue weighted by Gasteiger charge is 1.92. The van der Waals surface area contributed by atoms with Crippen molar-refractivity contribution < 1.29 is 9.53 Å². The van der Waals surface area contributed by atoms with E-state index in [1.165, 1.54) is 52.1 Å². The molecule has 0 saturated carbocycles. The lowest BCUT2D eigenvalue weighted by molar-refractivity contribution is -0.139. The van der Waals surface area contributed by atoms with Crippen molar-refractivity contribution in [2.75, 3.05) is 7.11 Å². The summed E-state index contributed by atoms with van der Waals surface area (Å²) >= 11 is 0. The van der Waals surface area contributed by atoms with Crippen LogP contribution in [0.15, 0.2) is 36.5 Å². The van der Waals surface area contributed by atoms with Gasteiger partial charge in [-0.05, 0) is 25.7 Å². The van der Waals surface area contributed by atoms with Crippen molar-refractivity contribution in [3.05, 3.63) is 36.5 Å². The summed E-state index contributed by atoms with van der Waals surface area (Å²) in [6.45, 7) is 2.26. The fraction of sp³-hybridized carbons (Fsp3) is 0.632. The lowest BCUT2D eigenvalue weighted by atomic mass is 10.1. The third-order valence-corrected chi connectivity index (χ3v) is 3.28. The normalized spacial score (nSPS) is 11.9. The summed E-state index contributed by atoms with van der Waals surface area (Å²) in [5, 5.41) is 0. The summed E-state index contributed by atoms with van der Waals surface area (Å²) in [4.78, 5) is 10.8. The first-order valence-corrected chi connectivity index (χ1v) is 8.33. The first kappa shape index (κ1) is 19.7. The van der Waals surface area contributed by atoms with Crippen LogP contribution in [0.2, 0.25) is 0 Å². The molecule has 0 aliphatic carbocycles. The monoisotopic (exact) mass is 292 g/mol. The van der Waals surface area contributed by atoms with E-state index in [1.54, 1.807) is 0 Å². The SMILES string of the molecule is CCCCCCCCC=CCC=CCC=CCC(=O)OC. The summed E-state index contributed by atoms with van der Waals surface area (Å²) in [6, 6.07) is 0. The van der Waals surface area contributed by atoms with E-state index in [-0.39, 0.29) is 5.97 Å². The highest BCUT2D eigenvalue weighted by atomic mass is 16.5. The predicted octanol–water partition coefficient (Wildman–Crippen LogP) is 5.75. The highest BCUT2D eigenvalue weighted by Crippen LogP contribution is 2.07. The number of ether oxygens (including phenoxy) is 1. The molecule has 0 N–H and O–H groups in total. The summed E-state index contributed by atoms with van der Waals surface area (Å²) in [5.74, 6) is -0.187. The minimum Gasteiger partial charge on any atom is -0.469 e. The van der Waals surface area contributed by atoms with Gasteiger partial charge in [0, 0.05) is 0 Å². The maximum atomic E-state index is 10.8. The second-order valence-electron chi connectivity index (χ2n) is 5.22. The number of hydrogen-bond donors (Lipinski definition) is 0. The van der Waals surface area contributed by atoms with E-state index in [4.69, 9.17) is 0 Å². The molecule has 0 radical (unpaired) electrons.